The van der Waals surface area contributed by atoms with Gasteiger partial charge in [0.1, 0.15) is 5.75 Å². The van der Waals surface area contributed by atoms with Gasteiger partial charge in [-0.15, -0.1) is 0 Å². The summed E-state index contributed by atoms with van der Waals surface area (Å²) in [6.45, 7) is 6.77. The summed E-state index contributed by atoms with van der Waals surface area (Å²) >= 11 is 0. The zero-order valence-corrected chi connectivity index (χ0v) is 12.0. The third-order valence-electron chi connectivity index (χ3n) is 2.98. The molecule has 2 N–H and O–H groups in total. The number of hydrogen-bond donors (Lipinski definition) is 2. The van der Waals surface area contributed by atoms with Gasteiger partial charge in [-0.1, -0.05) is 19.9 Å². The first-order valence-corrected chi connectivity index (χ1v) is 6.73. The van der Waals surface area contributed by atoms with Gasteiger partial charge in [0.15, 0.2) is 0 Å². The first-order chi connectivity index (χ1) is 9.17. The maximum Gasteiger partial charge on any atom is 0.207 e. The second kappa shape index (κ2) is 8.53. The van der Waals surface area contributed by atoms with Crippen LogP contribution in [-0.4, -0.2) is 26.6 Å². The van der Waals surface area contributed by atoms with Crippen molar-refractivity contribution in [3.63, 3.8) is 0 Å². The largest absolute Gasteiger partial charge is 0.497 e. The smallest absolute Gasteiger partial charge is 0.207 e. The van der Waals surface area contributed by atoms with E-state index in [2.05, 4.69) is 42.7 Å². The van der Waals surface area contributed by atoms with Gasteiger partial charge >= 0.3 is 0 Å². The highest BCUT2D eigenvalue weighted by Crippen LogP contribution is 2.22. The standard InChI is InChI=1S/C15H24N2O2/c1-12(2)14-7-13(8-15(9-14)19-3)10-16-5-4-6-17-11-18/h7-9,11-12,16H,4-6,10H2,1-3H3,(H,17,18). The Bertz CT molecular complexity index is 392. The number of methoxy groups -OCH3 is 1. The minimum Gasteiger partial charge on any atom is -0.497 e. The van der Waals surface area contributed by atoms with Crippen molar-refractivity contribution in [1.29, 1.82) is 0 Å². The monoisotopic (exact) mass is 264 g/mol. The molecule has 0 unspecified atom stereocenters. The van der Waals surface area contributed by atoms with Crippen LogP contribution in [0.4, 0.5) is 0 Å². The summed E-state index contributed by atoms with van der Waals surface area (Å²) in [4.78, 5) is 10.1. The molecule has 0 bridgehead atoms. The fraction of sp³-hybridized carbons (Fsp3) is 0.533. The van der Waals surface area contributed by atoms with Crippen LogP contribution in [0.1, 0.15) is 37.3 Å². The molecule has 0 heterocycles. The predicted octanol–water partition coefficient (Wildman–Crippen LogP) is 2.04. The SMILES string of the molecule is COc1cc(CNCCCNC=O)cc(C(C)C)c1. The molecule has 0 saturated heterocycles. The summed E-state index contributed by atoms with van der Waals surface area (Å²) in [5, 5.41) is 6.02. The van der Waals surface area contributed by atoms with Crippen molar-refractivity contribution in [1.82, 2.24) is 10.6 Å². The average molecular weight is 264 g/mol. The summed E-state index contributed by atoms with van der Waals surface area (Å²) in [6.07, 6.45) is 1.66. The van der Waals surface area contributed by atoms with Crippen molar-refractivity contribution in [3.05, 3.63) is 29.3 Å². The van der Waals surface area contributed by atoms with E-state index in [4.69, 9.17) is 4.74 Å². The van der Waals surface area contributed by atoms with E-state index in [1.807, 2.05) is 0 Å². The van der Waals surface area contributed by atoms with Gasteiger partial charge in [-0.3, -0.25) is 4.79 Å². The highest BCUT2D eigenvalue weighted by Gasteiger charge is 2.04. The fourth-order valence-corrected chi connectivity index (χ4v) is 1.85. The molecule has 4 nitrogen and oxygen atoms in total. The third-order valence-corrected chi connectivity index (χ3v) is 2.98. The van der Waals surface area contributed by atoms with E-state index < -0.39 is 0 Å². The molecule has 0 radical (unpaired) electrons. The number of nitrogens with one attached hydrogen (secondary N) is 2. The van der Waals surface area contributed by atoms with Crippen LogP contribution in [0, 0.1) is 0 Å². The van der Waals surface area contributed by atoms with Crippen LogP contribution in [0.2, 0.25) is 0 Å². The van der Waals surface area contributed by atoms with Gasteiger partial charge in [-0.2, -0.15) is 0 Å². The van der Waals surface area contributed by atoms with Gasteiger partial charge in [-0.25, -0.2) is 0 Å². The van der Waals surface area contributed by atoms with Crippen molar-refractivity contribution in [2.45, 2.75) is 32.7 Å². The van der Waals surface area contributed by atoms with Crippen LogP contribution >= 0.6 is 0 Å². The zero-order chi connectivity index (χ0) is 14.1. The van der Waals surface area contributed by atoms with Crippen molar-refractivity contribution in [2.75, 3.05) is 20.2 Å². The van der Waals surface area contributed by atoms with Gasteiger partial charge < -0.3 is 15.4 Å². The fourth-order valence-electron chi connectivity index (χ4n) is 1.85. The molecular formula is C15H24N2O2. The number of benzene rings is 1. The number of ether oxygens (including phenoxy) is 1. The second-order valence-corrected chi connectivity index (χ2v) is 4.87. The summed E-state index contributed by atoms with van der Waals surface area (Å²) in [6, 6.07) is 6.36. The molecule has 0 aliphatic heterocycles. The van der Waals surface area contributed by atoms with Gasteiger partial charge in [0.25, 0.3) is 0 Å². The number of carbonyl (C=O) groups excluding carboxylic acids is 1. The Morgan fingerprint density at radius 1 is 1.26 bits per heavy atom. The molecule has 0 atom stereocenters. The molecule has 1 aromatic rings. The van der Waals surface area contributed by atoms with Crippen LogP contribution in [0.15, 0.2) is 18.2 Å². The minimum atomic E-state index is 0.491. The lowest BCUT2D eigenvalue weighted by Crippen LogP contribution is -2.20. The summed E-state index contributed by atoms with van der Waals surface area (Å²) in [7, 11) is 1.70. The Morgan fingerprint density at radius 2 is 2.05 bits per heavy atom. The molecule has 1 aromatic carbocycles. The van der Waals surface area contributed by atoms with Crippen LogP contribution in [0.3, 0.4) is 0 Å². The lowest BCUT2D eigenvalue weighted by molar-refractivity contribution is -0.109. The van der Waals surface area contributed by atoms with Crippen molar-refractivity contribution in [2.24, 2.45) is 0 Å². The lowest BCUT2D eigenvalue weighted by atomic mass is 10.0. The Hall–Kier alpha value is -1.55. The molecular weight excluding hydrogens is 240 g/mol. The molecule has 0 aliphatic rings. The van der Waals surface area contributed by atoms with E-state index in [0.717, 1.165) is 31.7 Å². The van der Waals surface area contributed by atoms with Crippen molar-refractivity contribution < 1.29 is 9.53 Å². The summed E-state index contributed by atoms with van der Waals surface area (Å²) < 4.78 is 5.33. The maximum absolute atomic E-state index is 10.1. The topological polar surface area (TPSA) is 50.4 Å². The van der Waals surface area contributed by atoms with E-state index in [9.17, 15) is 4.79 Å². The molecule has 0 aromatic heterocycles. The molecule has 1 amide bonds. The van der Waals surface area contributed by atoms with Crippen LogP contribution < -0.4 is 15.4 Å². The second-order valence-electron chi connectivity index (χ2n) is 4.87. The first-order valence-electron chi connectivity index (χ1n) is 6.73. The average Bonchev–Trinajstić information content (AvgIpc) is 2.42. The molecule has 0 aliphatic carbocycles. The van der Waals surface area contributed by atoms with E-state index in [-0.39, 0.29) is 0 Å². The molecule has 0 spiro atoms. The minimum absolute atomic E-state index is 0.491. The quantitative estimate of drug-likeness (QED) is 0.530. The molecule has 0 fully saturated rings. The number of hydrogen-bond acceptors (Lipinski definition) is 3. The molecule has 106 valence electrons. The number of rotatable bonds is 9. The molecule has 19 heavy (non-hydrogen) atoms. The Balaban J connectivity index is 2.48. The summed E-state index contributed by atoms with van der Waals surface area (Å²) in [5.41, 5.74) is 2.52. The van der Waals surface area contributed by atoms with Gasteiger partial charge in [-0.05, 0) is 42.1 Å². The summed E-state index contributed by atoms with van der Waals surface area (Å²) in [5.74, 6) is 1.40. The van der Waals surface area contributed by atoms with Gasteiger partial charge in [0, 0.05) is 13.1 Å². The molecule has 0 saturated carbocycles. The molecule has 4 heteroatoms. The van der Waals surface area contributed by atoms with Crippen LogP contribution in [0.25, 0.3) is 0 Å². The third kappa shape index (κ3) is 5.75. The highest BCUT2D eigenvalue weighted by atomic mass is 16.5. The van der Waals surface area contributed by atoms with Gasteiger partial charge in [0.2, 0.25) is 6.41 Å². The first kappa shape index (κ1) is 15.5. The van der Waals surface area contributed by atoms with Crippen molar-refractivity contribution in [3.8, 4) is 5.75 Å². The predicted molar refractivity (Wildman–Crippen MR) is 77.5 cm³/mol. The zero-order valence-electron chi connectivity index (χ0n) is 12.0. The number of amides is 1. The highest BCUT2D eigenvalue weighted by molar-refractivity contribution is 5.45. The van der Waals surface area contributed by atoms with E-state index in [0.29, 0.717) is 12.5 Å². The maximum atomic E-state index is 10.1. The van der Waals surface area contributed by atoms with E-state index in [1.165, 1.54) is 11.1 Å². The van der Waals surface area contributed by atoms with Crippen LogP contribution in [-0.2, 0) is 11.3 Å². The Kier molecular flexibility index (Phi) is 6.97. The molecule has 1 rings (SSSR count). The number of carbonyl (C=O) groups is 1. The Morgan fingerprint density at radius 3 is 2.68 bits per heavy atom. The normalized spacial score (nSPS) is 10.5. The van der Waals surface area contributed by atoms with E-state index in [1.54, 1.807) is 7.11 Å². The van der Waals surface area contributed by atoms with Crippen molar-refractivity contribution >= 4 is 6.41 Å². The van der Waals surface area contributed by atoms with Gasteiger partial charge in [0.05, 0.1) is 7.11 Å². The lowest BCUT2D eigenvalue weighted by Gasteiger charge is -2.12. The van der Waals surface area contributed by atoms with Crippen LogP contribution in [0.5, 0.6) is 5.75 Å². The van der Waals surface area contributed by atoms with E-state index >= 15 is 0 Å². The Labute approximate surface area is 115 Å².